The van der Waals surface area contributed by atoms with Gasteiger partial charge >= 0.3 is 0 Å². The molecule has 0 spiro atoms. The smallest absolute Gasteiger partial charge is 0.143 e. The molecule has 0 amide bonds. The van der Waals surface area contributed by atoms with Crippen LogP contribution >= 0.6 is 0 Å². The Hall–Kier alpha value is -2.04. The second-order valence-electron chi connectivity index (χ2n) is 2.49. The number of benzene rings is 1. The van der Waals surface area contributed by atoms with Crippen molar-refractivity contribution in [1.29, 1.82) is 0 Å². The summed E-state index contributed by atoms with van der Waals surface area (Å²) >= 11 is 0. The fourth-order valence-corrected chi connectivity index (χ4v) is 1.01. The first-order valence-electron chi connectivity index (χ1n) is 3.66. The fraction of sp³-hybridized carbons (Fsp3) is 0. The number of hydrogen-bond donors (Lipinski definition) is 2. The summed E-state index contributed by atoms with van der Waals surface area (Å²) in [6.07, 6.45) is 2.98. The van der Waals surface area contributed by atoms with Crippen molar-refractivity contribution >= 4 is 0 Å². The number of nitrogens with zero attached hydrogens (tertiary/aromatic N) is 3. The minimum absolute atomic E-state index is 0.0222. The van der Waals surface area contributed by atoms with Crippen LogP contribution in [0.3, 0.4) is 0 Å². The number of aromatic nitrogens is 3. The highest BCUT2D eigenvalue weighted by molar-refractivity contribution is 5.48. The number of phenols is 2. The lowest BCUT2D eigenvalue weighted by Crippen LogP contribution is -1.98. The van der Waals surface area contributed by atoms with E-state index < -0.39 is 0 Å². The monoisotopic (exact) mass is 177 g/mol. The van der Waals surface area contributed by atoms with Gasteiger partial charge in [0.05, 0.1) is 12.4 Å². The fourth-order valence-electron chi connectivity index (χ4n) is 1.01. The van der Waals surface area contributed by atoms with Crippen molar-refractivity contribution in [2.75, 3.05) is 0 Å². The molecule has 0 unspecified atom stereocenters. The Bertz CT molecular complexity index is 411. The van der Waals surface area contributed by atoms with Crippen molar-refractivity contribution in [3.05, 3.63) is 30.6 Å². The van der Waals surface area contributed by atoms with Gasteiger partial charge < -0.3 is 10.2 Å². The highest BCUT2D eigenvalue weighted by Crippen LogP contribution is 2.24. The summed E-state index contributed by atoms with van der Waals surface area (Å²) in [6, 6.07) is 4.16. The summed E-state index contributed by atoms with van der Waals surface area (Å²) in [5, 5.41) is 26.2. The second-order valence-corrected chi connectivity index (χ2v) is 2.49. The van der Waals surface area contributed by atoms with Gasteiger partial charge in [-0.1, -0.05) is 0 Å². The van der Waals surface area contributed by atoms with E-state index >= 15 is 0 Å². The molecule has 1 aromatic heterocycles. The zero-order valence-electron chi connectivity index (χ0n) is 6.62. The molecular weight excluding hydrogens is 170 g/mol. The molecule has 2 rings (SSSR count). The van der Waals surface area contributed by atoms with Crippen LogP contribution in [-0.4, -0.2) is 25.2 Å². The molecule has 0 aliphatic rings. The number of rotatable bonds is 1. The minimum Gasteiger partial charge on any atom is -0.508 e. The van der Waals surface area contributed by atoms with E-state index in [1.54, 1.807) is 0 Å². The van der Waals surface area contributed by atoms with E-state index in [9.17, 15) is 5.11 Å². The highest BCUT2D eigenvalue weighted by atomic mass is 16.3. The van der Waals surface area contributed by atoms with Gasteiger partial charge in [0.1, 0.15) is 17.2 Å². The van der Waals surface area contributed by atoms with Gasteiger partial charge in [-0.2, -0.15) is 10.2 Å². The zero-order valence-corrected chi connectivity index (χ0v) is 6.62. The first-order chi connectivity index (χ1) is 6.27. The average Bonchev–Trinajstić information content (AvgIpc) is 2.61. The Morgan fingerprint density at radius 1 is 1.08 bits per heavy atom. The topological polar surface area (TPSA) is 71.2 Å². The summed E-state index contributed by atoms with van der Waals surface area (Å²) in [4.78, 5) is 1.23. The third-order valence-electron chi connectivity index (χ3n) is 1.59. The normalized spacial score (nSPS) is 10.2. The van der Waals surface area contributed by atoms with Crippen LogP contribution in [0.2, 0.25) is 0 Å². The maximum atomic E-state index is 9.39. The van der Waals surface area contributed by atoms with Crippen molar-refractivity contribution in [2.24, 2.45) is 0 Å². The van der Waals surface area contributed by atoms with E-state index in [2.05, 4.69) is 10.2 Å². The van der Waals surface area contributed by atoms with Crippen LogP contribution < -0.4 is 0 Å². The van der Waals surface area contributed by atoms with Gasteiger partial charge in [-0.15, -0.1) is 4.80 Å². The number of hydrogen-bond acceptors (Lipinski definition) is 4. The Labute approximate surface area is 73.9 Å². The first-order valence-corrected chi connectivity index (χ1v) is 3.66. The van der Waals surface area contributed by atoms with E-state index in [0.717, 1.165) is 0 Å². The lowest BCUT2D eigenvalue weighted by molar-refractivity contribution is 0.453. The standard InChI is InChI=1S/C8H7N3O2/c12-6-1-2-8(13)7(5-6)11-9-3-4-10-11/h1-5,12-13H. The first kappa shape index (κ1) is 7.60. The summed E-state index contributed by atoms with van der Waals surface area (Å²) < 4.78 is 0. The number of phenolic OH excluding ortho intramolecular Hbond substituents is 2. The highest BCUT2D eigenvalue weighted by Gasteiger charge is 2.05. The lowest BCUT2D eigenvalue weighted by atomic mass is 10.3. The van der Waals surface area contributed by atoms with Gasteiger partial charge in [-0.05, 0) is 12.1 Å². The van der Waals surface area contributed by atoms with Crippen LogP contribution in [0, 0.1) is 0 Å². The molecule has 0 atom stereocenters. The van der Waals surface area contributed by atoms with Gasteiger partial charge in [-0.25, -0.2) is 0 Å². The predicted octanol–water partition coefficient (Wildman–Crippen LogP) is 0.678. The molecule has 0 saturated carbocycles. The predicted molar refractivity (Wildman–Crippen MR) is 44.7 cm³/mol. The number of aromatic hydroxyl groups is 2. The van der Waals surface area contributed by atoms with Crippen LogP contribution in [0.4, 0.5) is 0 Å². The van der Waals surface area contributed by atoms with Crippen molar-refractivity contribution in [3.8, 4) is 17.2 Å². The summed E-state index contributed by atoms with van der Waals surface area (Å²) in [5.41, 5.74) is 0.352. The summed E-state index contributed by atoms with van der Waals surface area (Å²) in [7, 11) is 0. The summed E-state index contributed by atoms with van der Waals surface area (Å²) in [5.74, 6) is 0.0825. The molecule has 5 heteroatoms. The molecule has 0 fully saturated rings. The molecule has 13 heavy (non-hydrogen) atoms. The Kier molecular flexibility index (Phi) is 1.63. The van der Waals surface area contributed by atoms with E-state index in [4.69, 9.17) is 5.11 Å². The quantitative estimate of drug-likeness (QED) is 0.628. The van der Waals surface area contributed by atoms with E-state index in [1.807, 2.05) is 0 Å². The molecule has 2 aromatic rings. The molecule has 0 saturated heterocycles. The lowest BCUT2D eigenvalue weighted by Gasteiger charge is -2.02. The van der Waals surface area contributed by atoms with Crippen molar-refractivity contribution in [2.45, 2.75) is 0 Å². The molecular formula is C8H7N3O2. The van der Waals surface area contributed by atoms with Crippen molar-refractivity contribution in [3.63, 3.8) is 0 Å². The van der Waals surface area contributed by atoms with Gasteiger partial charge in [0.15, 0.2) is 0 Å². The van der Waals surface area contributed by atoms with Crippen LogP contribution in [0.25, 0.3) is 5.69 Å². The SMILES string of the molecule is Oc1ccc(O)c(-n2nccn2)c1. The Morgan fingerprint density at radius 2 is 1.77 bits per heavy atom. The van der Waals surface area contributed by atoms with Gasteiger partial charge in [-0.3, -0.25) is 0 Å². The van der Waals surface area contributed by atoms with E-state index in [0.29, 0.717) is 5.69 Å². The third-order valence-corrected chi connectivity index (χ3v) is 1.59. The van der Waals surface area contributed by atoms with Gasteiger partial charge in [0.2, 0.25) is 0 Å². The Morgan fingerprint density at radius 3 is 2.46 bits per heavy atom. The molecule has 0 aliphatic carbocycles. The van der Waals surface area contributed by atoms with E-state index in [1.165, 1.54) is 35.4 Å². The second kappa shape index (κ2) is 2.78. The van der Waals surface area contributed by atoms with Gasteiger partial charge in [0, 0.05) is 6.07 Å². The van der Waals surface area contributed by atoms with Crippen LogP contribution in [0.5, 0.6) is 11.5 Å². The molecule has 66 valence electrons. The maximum absolute atomic E-state index is 9.39. The van der Waals surface area contributed by atoms with Crippen molar-refractivity contribution in [1.82, 2.24) is 15.0 Å². The molecule has 0 bridgehead atoms. The largest absolute Gasteiger partial charge is 0.508 e. The zero-order chi connectivity index (χ0) is 9.26. The molecule has 0 aliphatic heterocycles. The van der Waals surface area contributed by atoms with Crippen LogP contribution in [0.1, 0.15) is 0 Å². The van der Waals surface area contributed by atoms with Crippen LogP contribution in [-0.2, 0) is 0 Å². The Balaban J connectivity index is 2.57. The van der Waals surface area contributed by atoms with E-state index in [-0.39, 0.29) is 11.5 Å². The molecule has 5 nitrogen and oxygen atoms in total. The molecule has 0 radical (unpaired) electrons. The molecule has 1 heterocycles. The average molecular weight is 177 g/mol. The van der Waals surface area contributed by atoms with Crippen LogP contribution in [0.15, 0.2) is 30.6 Å². The summed E-state index contributed by atoms with van der Waals surface area (Å²) in [6.45, 7) is 0. The molecule has 2 N–H and O–H groups in total. The maximum Gasteiger partial charge on any atom is 0.143 e. The molecule has 1 aromatic carbocycles. The van der Waals surface area contributed by atoms with Crippen molar-refractivity contribution < 1.29 is 10.2 Å². The minimum atomic E-state index is 0.0222. The third kappa shape index (κ3) is 1.31. The van der Waals surface area contributed by atoms with Gasteiger partial charge in [0.25, 0.3) is 0 Å².